The molecule has 0 aliphatic rings. The Labute approximate surface area is 216 Å². The average molecular weight is 516 g/mol. The van der Waals surface area contributed by atoms with Crippen molar-refractivity contribution in [1.29, 1.82) is 0 Å². The maximum atomic E-state index is 9.64. The number of benzene rings is 4. The van der Waals surface area contributed by atoms with Crippen molar-refractivity contribution in [2.75, 3.05) is 0 Å². The van der Waals surface area contributed by atoms with E-state index in [1.807, 2.05) is 0 Å². The van der Waals surface area contributed by atoms with Gasteiger partial charge in [-0.3, -0.25) is 0 Å². The zero-order valence-corrected chi connectivity index (χ0v) is 20.6. The van der Waals surface area contributed by atoms with Gasteiger partial charge in [0.1, 0.15) is 0 Å². The van der Waals surface area contributed by atoms with E-state index >= 15 is 0 Å². The van der Waals surface area contributed by atoms with Crippen molar-refractivity contribution < 1.29 is 40.2 Å². The molecule has 4 rings (SSSR count). The SMILES string of the molecule is OB(O)c1ccc([PH](c2ccc(B(O)O)cc2)(c2ccc(B(O)O)cc2)c2ccc(B(O)O)cc2)cc1. The third-order valence-electron chi connectivity index (χ3n) is 6.57. The summed E-state index contributed by atoms with van der Waals surface area (Å²) in [5.74, 6) is 0. The van der Waals surface area contributed by atoms with Crippen LogP contribution in [0.5, 0.6) is 0 Å². The Kier molecular flexibility index (Phi) is 8.36. The van der Waals surface area contributed by atoms with Gasteiger partial charge in [-0.15, -0.1) is 0 Å². The summed E-state index contributed by atoms with van der Waals surface area (Å²) < 4.78 is 0. The van der Waals surface area contributed by atoms with Crippen molar-refractivity contribution in [2.24, 2.45) is 0 Å². The fourth-order valence-electron chi connectivity index (χ4n) is 4.62. The van der Waals surface area contributed by atoms with E-state index in [1.54, 1.807) is 97.1 Å². The first-order valence-corrected chi connectivity index (χ1v) is 13.5. The summed E-state index contributed by atoms with van der Waals surface area (Å²) >= 11 is 0. The van der Waals surface area contributed by atoms with Gasteiger partial charge in [0.25, 0.3) is 0 Å². The van der Waals surface area contributed by atoms with Gasteiger partial charge in [0.2, 0.25) is 0 Å². The quantitative estimate of drug-likeness (QED) is 0.0853. The van der Waals surface area contributed by atoms with E-state index in [0.29, 0.717) is 21.9 Å². The van der Waals surface area contributed by atoms with Gasteiger partial charge in [-0.2, -0.15) is 0 Å². The second-order valence-electron chi connectivity index (χ2n) is 8.73. The molecule has 0 bridgehead atoms. The van der Waals surface area contributed by atoms with Crippen LogP contribution in [0.25, 0.3) is 0 Å². The first kappa shape index (κ1) is 27.3. The Morgan fingerprint density at radius 3 is 0.595 bits per heavy atom. The van der Waals surface area contributed by atoms with E-state index < -0.39 is 35.7 Å². The minimum atomic E-state index is -3.18. The van der Waals surface area contributed by atoms with Crippen LogP contribution < -0.4 is 43.1 Å². The molecule has 0 amide bonds. The molecule has 0 radical (unpaired) electrons. The average Bonchev–Trinajstić information content (AvgIpc) is 2.90. The standard InChI is InChI=1S/C24H25B4O8P/c29-25(30)17-1-9-21(10-2-17)37(22-11-3-18(4-12-22)26(31)32,23-13-5-19(6-14-23)27(33)34)24-15-7-20(8-16-24)28(35)36/h1-16,29-37H. The Morgan fingerprint density at radius 1 is 0.297 bits per heavy atom. The molecule has 4 aromatic carbocycles. The van der Waals surface area contributed by atoms with Gasteiger partial charge >= 0.3 is 216 Å². The topological polar surface area (TPSA) is 162 Å². The van der Waals surface area contributed by atoms with Crippen molar-refractivity contribution >= 4 is 78.8 Å². The summed E-state index contributed by atoms with van der Waals surface area (Å²) in [5.41, 5.74) is 1.23. The molecule has 8 N–H and O–H groups in total. The molecule has 0 aliphatic heterocycles. The van der Waals surface area contributed by atoms with E-state index in [0.717, 1.165) is 21.2 Å². The monoisotopic (exact) mass is 516 g/mol. The molecule has 0 unspecified atom stereocenters. The molecule has 0 fully saturated rings. The summed E-state index contributed by atoms with van der Waals surface area (Å²) in [7, 11) is -9.77. The van der Waals surface area contributed by atoms with Gasteiger partial charge in [-0.25, -0.2) is 0 Å². The van der Waals surface area contributed by atoms with Gasteiger partial charge in [0.05, 0.1) is 0 Å². The molecule has 0 saturated heterocycles. The molecule has 37 heavy (non-hydrogen) atoms. The van der Waals surface area contributed by atoms with E-state index in [1.165, 1.54) is 0 Å². The Balaban J connectivity index is 2.05. The van der Waals surface area contributed by atoms with Crippen LogP contribution in [0.2, 0.25) is 0 Å². The van der Waals surface area contributed by atoms with Crippen LogP contribution in [-0.4, -0.2) is 68.7 Å². The number of hydrogen-bond acceptors (Lipinski definition) is 8. The van der Waals surface area contributed by atoms with Crippen molar-refractivity contribution in [3.63, 3.8) is 0 Å². The molecule has 4 aromatic rings. The van der Waals surface area contributed by atoms with E-state index in [-0.39, 0.29) is 0 Å². The van der Waals surface area contributed by atoms with Crippen LogP contribution in [0.15, 0.2) is 97.1 Å². The Morgan fingerprint density at radius 2 is 0.459 bits per heavy atom. The summed E-state index contributed by atoms with van der Waals surface area (Å²) in [6, 6.07) is 27.4. The van der Waals surface area contributed by atoms with Gasteiger partial charge in [-0.1, -0.05) is 0 Å². The third kappa shape index (κ3) is 5.44. The first-order chi connectivity index (χ1) is 17.6. The maximum absolute atomic E-state index is 9.64. The second-order valence-corrected chi connectivity index (χ2v) is 12.5. The van der Waals surface area contributed by atoms with Crippen LogP contribution in [0.1, 0.15) is 0 Å². The Hall–Kier alpha value is -2.75. The van der Waals surface area contributed by atoms with Gasteiger partial charge in [0, 0.05) is 0 Å². The summed E-state index contributed by atoms with van der Waals surface area (Å²) in [6.07, 6.45) is 0. The summed E-state index contributed by atoms with van der Waals surface area (Å²) in [4.78, 5) is 0. The molecular formula is C24H25B4O8P. The van der Waals surface area contributed by atoms with Gasteiger partial charge in [-0.05, 0) is 0 Å². The van der Waals surface area contributed by atoms with Crippen LogP contribution in [0, 0.1) is 0 Å². The fourth-order valence-corrected chi connectivity index (χ4v) is 9.29. The first-order valence-electron chi connectivity index (χ1n) is 11.5. The molecule has 8 nitrogen and oxygen atoms in total. The summed E-state index contributed by atoms with van der Waals surface area (Å²) in [6.45, 7) is 0. The van der Waals surface area contributed by atoms with Crippen molar-refractivity contribution in [1.82, 2.24) is 0 Å². The van der Waals surface area contributed by atoms with E-state index in [2.05, 4.69) is 0 Å². The van der Waals surface area contributed by atoms with Crippen molar-refractivity contribution in [3.05, 3.63) is 97.1 Å². The third-order valence-corrected chi connectivity index (χ3v) is 11.4. The number of rotatable bonds is 8. The van der Waals surface area contributed by atoms with Crippen LogP contribution in [-0.2, 0) is 0 Å². The summed E-state index contributed by atoms with van der Waals surface area (Å²) in [5, 5.41) is 80.5. The van der Waals surface area contributed by atoms with Crippen molar-refractivity contribution in [2.45, 2.75) is 0 Å². The molecule has 186 valence electrons. The molecule has 0 aromatic heterocycles. The zero-order valence-electron chi connectivity index (χ0n) is 19.6. The van der Waals surface area contributed by atoms with Gasteiger partial charge in [0.15, 0.2) is 0 Å². The molecule has 13 heteroatoms. The van der Waals surface area contributed by atoms with Gasteiger partial charge < -0.3 is 0 Å². The molecular weight excluding hydrogens is 490 g/mol. The van der Waals surface area contributed by atoms with Crippen LogP contribution in [0.4, 0.5) is 0 Å². The molecule has 0 aliphatic carbocycles. The fraction of sp³-hybridized carbons (Fsp3) is 0. The molecule has 0 atom stereocenters. The predicted molar refractivity (Wildman–Crippen MR) is 152 cm³/mol. The normalized spacial score (nSPS) is 11.7. The zero-order chi connectivity index (χ0) is 26.7. The molecule has 0 heterocycles. The predicted octanol–water partition coefficient (Wildman–Crippen LogP) is -5.24. The van der Waals surface area contributed by atoms with Crippen LogP contribution >= 0.6 is 7.26 Å². The van der Waals surface area contributed by atoms with Crippen molar-refractivity contribution in [3.8, 4) is 0 Å². The molecule has 0 spiro atoms. The van der Waals surface area contributed by atoms with E-state index in [9.17, 15) is 40.2 Å². The van der Waals surface area contributed by atoms with E-state index in [4.69, 9.17) is 0 Å². The Bertz CT molecular complexity index is 1110. The second kappa shape index (κ2) is 11.3. The molecule has 0 saturated carbocycles. The van der Waals surface area contributed by atoms with Crippen LogP contribution in [0.3, 0.4) is 0 Å². The minimum absolute atomic E-state index is 0.308. The number of hydrogen-bond donors (Lipinski definition) is 8.